The van der Waals surface area contributed by atoms with Crippen LogP contribution >= 0.6 is 11.6 Å². The highest BCUT2D eigenvalue weighted by Gasteiger charge is 2.06. The van der Waals surface area contributed by atoms with Gasteiger partial charge in [0, 0.05) is 11.9 Å². The summed E-state index contributed by atoms with van der Waals surface area (Å²) in [6.07, 6.45) is 2.09. The van der Waals surface area contributed by atoms with Crippen LogP contribution in [0.1, 0.15) is 25.8 Å². The highest BCUT2D eigenvalue weighted by molar-refractivity contribution is 6.20. The summed E-state index contributed by atoms with van der Waals surface area (Å²) in [6, 6.07) is 8.20. The number of halogens is 1. The van der Waals surface area contributed by atoms with Crippen molar-refractivity contribution in [1.82, 2.24) is 5.32 Å². The lowest BCUT2D eigenvalue weighted by atomic mass is 10.1. The minimum atomic E-state index is 0.237. The molecule has 0 heterocycles. The molecule has 0 saturated heterocycles. The molecule has 0 aliphatic rings. The molecule has 0 amide bonds. The van der Waals surface area contributed by atoms with Gasteiger partial charge in [0.2, 0.25) is 0 Å². The topological polar surface area (TPSA) is 21.3 Å². The maximum Gasteiger partial charge on any atom is 0.118 e. The van der Waals surface area contributed by atoms with E-state index < -0.39 is 0 Å². The van der Waals surface area contributed by atoms with Gasteiger partial charge in [0.1, 0.15) is 5.75 Å². The average molecular weight is 270 g/mol. The standard InChI is InChI=1S/C15H24ClNO/c1-12(2)10-14(16)11-17-9-8-13-4-6-15(18-3)7-5-13/h4-7,12,14,17H,8-11H2,1-3H3. The second-order valence-corrected chi connectivity index (χ2v) is 5.65. The third kappa shape index (κ3) is 6.27. The Bertz CT molecular complexity index is 324. The smallest absolute Gasteiger partial charge is 0.118 e. The van der Waals surface area contributed by atoms with Crippen LogP contribution in [0.2, 0.25) is 0 Å². The van der Waals surface area contributed by atoms with Gasteiger partial charge in [-0.15, -0.1) is 11.6 Å². The number of hydrogen-bond donors (Lipinski definition) is 1. The molecule has 0 aliphatic heterocycles. The fraction of sp³-hybridized carbons (Fsp3) is 0.600. The number of alkyl halides is 1. The van der Waals surface area contributed by atoms with Crippen molar-refractivity contribution in [2.45, 2.75) is 32.1 Å². The maximum absolute atomic E-state index is 6.22. The third-order valence-electron chi connectivity index (χ3n) is 2.84. The van der Waals surface area contributed by atoms with Gasteiger partial charge in [0.15, 0.2) is 0 Å². The molecule has 1 aromatic rings. The molecule has 18 heavy (non-hydrogen) atoms. The Morgan fingerprint density at radius 2 is 1.89 bits per heavy atom. The van der Waals surface area contributed by atoms with Crippen molar-refractivity contribution in [2.24, 2.45) is 5.92 Å². The lowest BCUT2D eigenvalue weighted by Crippen LogP contribution is -2.26. The van der Waals surface area contributed by atoms with Gasteiger partial charge >= 0.3 is 0 Å². The molecule has 1 aromatic carbocycles. The normalized spacial score (nSPS) is 12.7. The Balaban J connectivity index is 2.17. The van der Waals surface area contributed by atoms with Gasteiger partial charge in [-0.05, 0) is 43.0 Å². The fourth-order valence-corrected chi connectivity index (χ4v) is 2.34. The first-order chi connectivity index (χ1) is 8.61. The number of nitrogens with one attached hydrogen (secondary N) is 1. The second-order valence-electron chi connectivity index (χ2n) is 5.03. The van der Waals surface area contributed by atoms with Gasteiger partial charge in [0.05, 0.1) is 7.11 Å². The Kier molecular flexibility index (Phi) is 7.14. The van der Waals surface area contributed by atoms with Crippen molar-refractivity contribution < 1.29 is 4.74 Å². The van der Waals surface area contributed by atoms with Crippen LogP contribution in [0.3, 0.4) is 0 Å². The number of rotatable bonds is 8. The van der Waals surface area contributed by atoms with Crippen molar-refractivity contribution >= 4 is 11.6 Å². The van der Waals surface area contributed by atoms with Crippen LogP contribution in [0.5, 0.6) is 5.75 Å². The van der Waals surface area contributed by atoms with Crippen molar-refractivity contribution in [3.05, 3.63) is 29.8 Å². The monoisotopic (exact) mass is 269 g/mol. The zero-order valence-electron chi connectivity index (χ0n) is 11.6. The molecule has 0 radical (unpaired) electrons. The molecular weight excluding hydrogens is 246 g/mol. The Labute approximate surface area is 116 Å². The Morgan fingerprint density at radius 1 is 1.22 bits per heavy atom. The van der Waals surface area contributed by atoms with Crippen LogP contribution in [-0.2, 0) is 6.42 Å². The number of hydrogen-bond acceptors (Lipinski definition) is 2. The molecule has 0 aromatic heterocycles. The first kappa shape index (κ1) is 15.3. The quantitative estimate of drug-likeness (QED) is 0.576. The van der Waals surface area contributed by atoms with Gasteiger partial charge < -0.3 is 10.1 Å². The molecule has 0 fully saturated rings. The van der Waals surface area contributed by atoms with Crippen LogP contribution in [0.15, 0.2) is 24.3 Å². The number of methoxy groups -OCH3 is 1. The Morgan fingerprint density at radius 3 is 2.44 bits per heavy atom. The van der Waals surface area contributed by atoms with E-state index in [1.165, 1.54) is 5.56 Å². The predicted octanol–water partition coefficient (Wildman–Crippen LogP) is 3.48. The van der Waals surface area contributed by atoms with Crippen molar-refractivity contribution in [3.63, 3.8) is 0 Å². The third-order valence-corrected chi connectivity index (χ3v) is 3.17. The molecule has 0 aliphatic carbocycles. The molecule has 0 spiro atoms. The summed E-state index contributed by atoms with van der Waals surface area (Å²) in [7, 11) is 1.69. The maximum atomic E-state index is 6.22. The van der Waals surface area contributed by atoms with E-state index in [2.05, 4.69) is 31.3 Å². The molecule has 3 heteroatoms. The lowest BCUT2D eigenvalue weighted by molar-refractivity contribution is 0.414. The lowest BCUT2D eigenvalue weighted by Gasteiger charge is -2.12. The average Bonchev–Trinajstić information content (AvgIpc) is 2.34. The Hall–Kier alpha value is -0.730. The zero-order valence-corrected chi connectivity index (χ0v) is 12.3. The summed E-state index contributed by atoms with van der Waals surface area (Å²) >= 11 is 6.22. The molecule has 0 bridgehead atoms. The van der Waals surface area contributed by atoms with Crippen LogP contribution in [0.4, 0.5) is 0 Å². The minimum Gasteiger partial charge on any atom is -0.497 e. The molecule has 2 nitrogen and oxygen atoms in total. The fourth-order valence-electron chi connectivity index (χ4n) is 1.88. The summed E-state index contributed by atoms with van der Waals surface area (Å²) in [4.78, 5) is 0. The number of benzene rings is 1. The summed E-state index contributed by atoms with van der Waals surface area (Å²) in [5.41, 5.74) is 1.32. The van der Waals surface area contributed by atoms with Gasteiger partial charge in [-0.25, -0.2) is 0 Å². The second kappa shape index (κ2) is 8.39. The van der Waals surface area contributed by atoms with Crippen LogP contribution in [0, 0.1) is 5.92 Å². The summed E-state index contributed by atoms with van der Waals surface area (Å²) < 4.78 is 5.13. The van der Waals surface area contributed by atoms with Gasteiger partial charge in [0.25, 0.3) is 0 Å². The highest BCUT2D eigenvalue weighted by Crippen LogP contribution is 2.12. The summed E-state index contributed by atoms with van der Waals surface area (Å²) in [6.45, 7) is 6.25. The van der Waals surface area contributed by atoms with Gasteiger partial charge in [-0.3, -0.25) is 0 Å². The van der Waals surface area contributed by atoms with Crippen molar-refractivity contribution in [3.8, 4) is 5.75 Å². The van der Waals surface area contributed by atoms with Crippen molar-refractivity contribution in [1.29, 1.82) is 0 Å². The molecule has 1 atom stereocenters. The largest absolute Gasteiger partial charge is 0.497 e. The van der Waals surface area contributed by atoms with E-state index >= 15 is 0 Å². The van der Waals surface area contributed by atoms with Gasteiger partial charge in [-0.2, -0.15) is 0 Å². The van der Waals surface area contributed by atoms with Gasteiger partial charge in [-0.1, -0.05) is 26.0 Å². The zero-order chi connectivity index (χ0) is 13.4. The summed E-state index contributed by atoms with van der Waals surface area (Å²) in [5, 5.41) is 3.64. The molecule has 102 valence electrons. The highest BCUT2D eigenvalue weighted by atomic mass is 35.5. The van der Waals surface area contributed by atoms with E-state index in [0.717, 1.165) is 31.7 Å². The first-order valence-electron chi connectivity index (χ1n) is 6.59. The van der Waals surface area contributed by atoms with E-state index in [1.54, 1.807) is 7.11 Å². The number of ether oxygens (including phenoxy) is 1. The van der Waals surface area contributed by atoms with Crippen LogP contribution in [-0.4, -0.2) is 25.6 Å². The molecule has 1 N–H and O–H groups in total. The minimum absolute atomic E-state index is 0.237. The molecular formula is C15H24ClNO. The summed E-state index contributed by atoms with van der Waals surface area (Å²) in [5.74, 6) is 1.57. The van der Waals surface area contributed by atoms with Crippen molar-refractivity contribution in [2.75, 3.05) is 20.2 Å². The van der Waals surface area contributed by atoms with E-state index in [0.29, 0.717) is 5.92 Å². The molecule has 1 rings (SSSR count). The predicted molar refractivity (Wildman–Crippen MR) is 78.7 cm³/mol. The van der Waals surface area contributed by atoms with E-state index in [4.69, 9.17) is 16.3 Å². The molecule has 1 unspecified atom stereocenters. The van der Waals surface area contributed by atoms with E-state index in [1.807, 2.05) is 12.1 Å². The SMILES string of the molecule is COc1ccc(CCNCC(Cl)CC(C)C)cc1. The van der Waals surface area contributed by atoms with Crippen LogP contribution in [0.25, 0.3) is 0 Å². The van der Waals surface area contributed by atoms with E-state index in [9.17, 15) is 0 Å². The first-order valence-corrected chi connectivity index (χ1v) is 7.03. The van der Waals surface area contributed by atoms with E-state index in [-0.39, 0.29) is 5.38 Å². The van der Waals surface area contributed by atoms with Crippen LogP contribution < -0.4 is 10.1 Å². The molecule has 0 saturated carbocycles.